The Morgan fingerprint density at radius 1 is 1.26 bits per heavy atom. The fraction of sp³-hybridized carbons (Fsp3) is 0.0909. The van der Waals surface area contributed by atoms with E-state index in [1.807, 2.05) is 5.43 Å². The standard InChI is InChI=1S/C11H8ClF3N6O2/c12-7-2-1-5(3-6(7)11(13,14)15)19-9-8(21(22)23)10(20-16)18-4-17-9/h1-4H,16H2,(H2,17,18,19,20). The molecule has 1 heterocycles. The molecule has 23 heavy (non-hydrogen) atoms. The van der Waals surface area contributed by atoms with Gasteiger partial charge in [0.2, 0.25) is 11.6 Å². The quantitative estimate of drug-likeness (QED) is 0.441. The molecule has 0 fully saturated rings. The number of nitrogens with zero attached hydrogens (tertiary/aromatic N) is 3. The van der Waals surface area contributed by atoms with Crippen LogP contribution in [-0.4, -0.2) is 14.9 Å². The SMILES string of the molecule is NNc1ncnc(Nc2ccc(Cl)c(C(F)(F)F)c2)c1[N+](=O)[O-]. The molecule has 4 N–H and O–H groups in total. The Hall–Kier alpha value is -2.66. The van der Waals surface area contributed by atoms with Gasteiger partial charge in [-0.25, -0.2) is 15.8 Å². The molecule has 0 aliphatic heterocycles. The topological polar surface area (TPSA) is 119 Å². The highest BCUT2D eigenvalue weighted by Gasteiger charge is 2.33. The highest BCUT2D eigenvalue weighted by Crippen LogP contribution is 2.37. The number of halogens is 4. The Kier molecular flexibility index (Phi) is 4.52. The van der Waals surface area contributed by atoms with Crippen molar-refractivity contribution in [2.24, 2.45) is 5.84 Å². The third kappa shape index (κ3) is 3.57. The predicted octanol–water partition coefficient (Wildman–Crippen LogP) is 3.09. The lowest BCUT2D eigenvalue weighted by molar-refractivity contribution is -0.383. The van der Waals surface area contributed by atoms with Crippen molar-refractivity contribution < 1.29 is 18.1 Å². The van der Waals surface area contributed by atoms with Crippen molar-refractivity contribution >= 4 is 34.6 Å². The summed E-state index contributed by atoms with van der Waals surface area (Å²) in [5.74, 6) is 4.49. The van der Waals surface area contributed by atoms with E-state index in [4.69, 9.17) is 17.4 Å². The van der Waals surface area contributed by atoms with Crippen molar-refractivity contribution in [3.8, 4) is 0 Å². The molecule has 122 valence electrons. The molecule has 0 amide bonds. The Morgan fingerprint density at radius 2 is 1.91 bits per heavy atom. The van der Waals surface area contributed by atoms with Crippen molar-refractivity contribution in [3.63, 3.8) is 0 Å². The molecule has 0 aliphatic rings. The zero-order chi connectivity index (χ0) is 17.2. The molecule has 0 spiro atoms. The second kappa shape index (κ2) is 6.22. The second-order valence-corrected chi connectivity index (χ2v) is 4.55. The zero-order valence-electron chi connectivity index (χ0n) is 11.1. The number of nitrogens with two attached hydrogens (primary N) is 1. The summed E-state index contributed by atoms with van der Waals surface area (Å²) in [7, 11) is 0. The van der Waals surface area contributed by atoms with E-state index < -0.39 is 27.4 Å². The van der Waals surface area contributed by atoms with E-state index in [9.17, 15) is 23.3 Å². The number of hydrogen-bond acceptors (Lipinski definition) is 7. The number of aromatic nitrogens is 2. The minimum atomic E-state index is -4.67. The van der Waals surface area contributed by atoms with Crippen molar-refractivity contribution in [1.82, 2.24) is 9.97 Å². The third-order valence-electron chi connectivity index (χ3n) is 2.68. The normalized spacial score (nSPS) is 11.2. The van der Waals surface area contributed by atoms with Crippen LogP contribution in [-0.2, 0) is 6.18 Å². The van der Waals surface area contributed by atoms with Gasteiger partial charge >= 0.3 is 11.9 Å². The van der Waals surface area contributed by atoms with Gasteiger partial charge in [0, 0.05) is 5.69 Å². The first kappa shape index (κ1) is 16.7. The van der Waals surface area contributed by atoms with Gasteiger partial charge in [-0.05, 0) is 18.2 Å². The number of rotatable bonds is 4. The van der Waals surface area contributed by atoms with Gasteiger partial charge in [0.15, 0.2) is 0 Å². The summed E-state index contributed by atoms with van der Waals surface area (Å²) in [5.41, 5.74) is 0.225. The molecule has 0 saturated carbocycles. The fourth-order valence-electron chi connectivity index (χ4n) is 1.71. The molecule has 2 aromatic rings. The smallest absolute Gasteiger partial charge is 0.334 e. The highest BCUT2D eigenvalue weighted by molar-refractivity contribution is 6.31. The number of anilines is 3. The van der Waals surface area contributed by atoms with Crippen LogP contribution in [0.5, 0.6) is 0 Å². The average Bonchev–Trinajstić information content (AvgIpc) is 2.47. The number of hydrazine groups is 1. The molecule has 8 nitrogen and oxygen atoms in total. The summed E-state index contributed by atoms with van der Waals surface area (Å²) < 4.78 is 38.5. The summed E-state index contributed by atoms with van der Waals surface area (Å²) in [6.07, 6.45) is -3.71. The molecule has 0 aliphatic carbocycles. The van der Waals surface area contributed by atoms with Gasteiger partial charge in [0.1, 0.15) is 6.33 Å². The van der Waals surface area contributed by atoms with Crippen LogP contribution in [0.3, 0.4) is 0 Å². The van der Waals surface area contributed by atoms with Gasteiger partial charge in [-0.3, -0.25) is 10.1 Å². The van der Waals surface area contributed by atoms with Crippen molar-refractivity contribution in [1.29, 1.82) is 0 Å². The minimum Gasteiger partial charge on any atom is -0.334 e. The van der Waals surface area contributed by atoms with E-state index in [1.165, 1.54) is 6.07 Å². The predicted molar refractivity (Wildman–Crippen MR) is 76.2 cm³/mol. The van der Waals surface area contributed by atoms with Crippen molar-refractivity contribution in [2.45, 2.75) is 6.18 Å². The first-order chi connectivity index (χ1) is 10.7. The lowest BCUT2D eigenvalue weighted by atomic mass is 10.2. The van der Waals surface area contributed by atoms with Gasteiger partial charge in [-0.15, -0.1) is 0 Å². The van der Waals surface area contributed by atoms with E-state index in [0.29, 0.717) is 6.07 Å². The van der Waals surface area contributed by atoms with Crippen LogP contribution in [0.1, 0.15) is 5.56 Å². The summed E-state index contributed by atoms with van der Waals surface area (Å²) >= 11 is 5.51. The van der Waals surface area contributed by atoms with Gasteiger partial charge in [0.05, 0.1) is 15.5 Å². The number of nitrogens with one attached hydrogen (secondary N) is 2. The van der Waals surface area contributed by atoms with Crippen molar-refractivity contribution in [2.75, 3.05) is 10.7 Å². The van der Waals surface area contributed by atoms with Gasteiger partial charge < -0.3 is 10.7 Å². The van der Waals surface area contributed by atoms with Gasteiger partial charge in [-0.1, -0.05) is 11.6 Å². The van der Waals surface area contributed by atoms with Crippen LogP contribution in [0.15, 0.2) is 24.5 Å². The maximum absolute atomic E-state index is 12.8. The summed E-state index contributed by atoms with van der Waals surface area (Å²) in [4.78, 5) is 17.4. The molecule has 0 saturated heterocycles. The lowest BCUT2D eigenvalue weighted by Crippen LogP contribution is -2.13. The molecule has 0 atom stereocenters. The van der Waals surface area contributed by atoms with E-state index in [-0.39, 0.29) is 17.3 Å². The number of nitrogen functional groups attached to an aromatic ring is 1. The van der Waals surface area contributed by atoms with Gasteiger partial charge in [0.25, 0.3) is 0 Å². The summed E-state index contributed by atoms with van der Waals surface area (Å²) in [6, 6.07) is 2.95. The minimum absolute atomic E-state index is 0.0912. The number of nitro groups is 1. The second-order valence-electron chi connectivity index (χ2n) is 4.14. The summed E-state index contributed by atoms with van der Waals surface area (Å²) in [5, 5.41) is 13.0. The summed E-state index contributed by atoms with van der Waals surface area (Å²) in [6.45, 7) is 0. The Labute approximate surface area is 131 Å². The number of alkyl halides is 3. The van der Waals surface area contributed by atoms with Crippen molar-refractivity contribution in [3.05, 3.63) is 45.2 Å². The Bertz CT molecular complexity index is 755. The number of hydrogen-bond donors (Lipinski definition) is 3. The molecule has 0 radical (unpaired) electrons. The molecule has 0 unspecified atom stereocenters. The third-order valence-corrected chi connectivity index (χ3v) is 3.01. The lowest BCUT2D eigenvalue weighted by Gasteiger charge is -2.12. The van der Waals surface area contributed by atoms with Crippen LogP contribution in [0.4, 0.5) is 36.2 Å². The van der Waals surface area contributed by atoms with Crippen LogP contribution >= 0.6 is 11.6 Å². The van der Waals surface area contributed by atoms with Crippen LogP contribution < -0.4 is 16.6 Å². The molecule has 1 aromatic heterocycles. The fourth-order valence-corrected chi connectivity index (χ4v) is 1.93. The Balaban J connectivity index is 2.46. The van der Waals surface area contributed by atoms with E-state index >= 15 is 0 Å². The molecular weight excluding hydrogens is 341 g/mol. The monoisotopic (exact) mass is 348 g/mol. The molecular formula is C11H8ClF3N6O2. The Morgan fingerprint density at radius 3 is 2.48 bits per heavy atom. The maximum atomic E-state index is 12.8. The average molecular weight is 349 g/mol. The molecule has 0 bridgehead atoms. The van der Waals surface area contributed by atoms with E-state index in [2.05, 4.69) is 15.3 Å². The molecule has 12 heteroatoms. The van der Waals surface area contributed by atoms with Crippen LogP contribution in [0.2, 0.25) is 5.02 Å². The van der Waals surface area contributed by atoms with E-state index in [0.717, 1.165) is 12.4 Å². The maximum Gasteiger partial charge on any atom is 0.417 e. The zero-order valence-corrected chi connectivity index (χ0v) is 11.8. The largest absolute Gasteiger partial charge is 0.417 e. The van der Waals surface area contributed by atoms with Crippen LogP contribution in [0, 0.1) is 10.1 Å². The first-order valence-electron chi connectivity index (χ1n) is 5.84. The number of benzene rings is 1. The highest BCUT2D eigenvalue weighted by atomic mass is 35.5. The molecule has 1 aromatic carbocycles. The van der Waals surface area contributed by atoms with Crippen LogP contribution in [0.25, 0.3) is 0 Å². The van der Waals surface area contributed by atoms with Gasteiger partial charge in [-0.2, -0.15) is 13.2 Å². The first-order valence-corrected chi connectivity index (χ1v) is 6.21. The molecule has 2 rings (SSSR count). The van der Waals surface area contributed by atoms with E-state index in [1.54, 1.807) is 0 Å².